The zero-order chi connectivity index (χ0) is 21.4. The van der Waals surface area contributed by atoms with Crippen LogP contribution in [0.2, 0.25) is 0 Å². The zero-order valence-corrected chi connectivity index (χ0v) is 16.9. The van der Waals surface area contributed by atoms with Crippen molar-refractivity contribution in [3.63, 3.8) is 0 Å². The molecule has 7 nitrogen and oxygen atoms in total. The lowest BCUT2D eigenvalue weighted by molar-refractivity contribution is -0.126. The number of pyridine rings is 1. The van der Waals surface area contributed by atoms with Gasteiger partial charge in [0.25, 0.3) is 5.91 Å². The third-order valence-corrected chi connectivity index (χ3v) is 5.58. The van der Waals surface area contributed by atoms with Gasteiger partial charge in [-0.2, -0.15) is 0 Å². The van der Waals surface area contributed by atoms with Crippen molar-refractivity contribution in [2.45, 2.75) is 19.1 Å². The number of carbonyl (C=O) groups is 2. The third kappa shape index (κ3) is 3.23. The van der Waals surface area contributed by atoms with Crippen LogP contribution in [-0.2, 0) is 14.4 Å². The van der Waals surface area contributed by atoms with E-state index in [1.807, 2.05) is 49.4 Å². The van der Waals surface area contributed by atoms with Crippen LogP contribution in [0.5, 0.6) is 5.75 Å². The van der Waals surface area contributed by atoms with Gasteiger partial charge in [0.05, 0.1) is 24.0 Å². The Bertz CT molecular complexity index is 1090. The van der Waals surface area contributed by atoms with Gasteiger partial charge in [-0.25, -0.2) is 9.96 Å². The highest BCUT2D eigenvalue weighted by molar-refractivity contribution is 6.23. The molecule has 0 radical (unpaired) electrons. The van der Waals surface area contributed by atoms with E-state index in [-0.39, 0.29) is 11.8 Å². The highest BCUT2D eigenvalue weighted by atomic mass is 16.7. The first-order chi connectivity index (χ1) is 15.2. The largest absolute Gasteiger partial charge is 0.494 e. The van der Waals surface area contributed by atoms with E-state index < -0.39 is 18.1 Å². The molecule has 3 aromatic rings. The smallest absolute Gasteiger partial charge is 0.266 e. The van der Waals surface area contributed by atoms with Crippen molar-refractivity contribution in [2.24, 2.45) is 5.92 Å². The van der Waals surface area contributed by atoms with Crippen LogP contribution in [-0.4, -0.2) is 29.5 Å². The summed E-state index contributed by atoms with van der Waals surface area (Å²) in [5.74, 6) is -0.621. The molecule has 5 rings (SSSR count). The van der Waals surface area contributed by atoms with Crippen molar-refractivity contribution >= 4 is 23.2 Å². The second-order valence-electron chi connectivity index (χ2n) is 7.38. The van der Waals surface area contributed by atoms with Crippen molar-refractivity contribution in [3.8, 4) is 5.75 Å². The predicted octanol–water partition coefficient (Wildman–Crippen LogP) is 3.53. The van der Waals surface area contributed by atoms with Crippen molar-refractivity contribution in [1.82, 2.24) is 4.98 Å². The minimum Gasteiger partial charge on any atom is -0.494 e. The number of hydrogen-bond acceptors (Lipinski definition) is 6. The van der Waals surface area contributed by atoms with Crippen LogP contribution in [0.25, 0.3) is 0 Å². The summed E-state index contributed by atoms with van der Waals surface area (Å²) in [5.41, 5.74) is 2.16. The van der Waals surface area contributed by atoms with Gasteiger partial charge < -0.3 is 4.74 Å². The van der Waals surface area contributed by atoms with E-state index in [1.54, 1.807) is 41.7 Å². The van der Waals surface area contributed by atoms with E-state index in [0.29, 0.717) is 18.0 Å². The minimum absolute atomic E-state index is 0.278. The minimum atomic E-state index is -0.891. The topological polar surface area (TPSA) is 72.0 Å². The van der Waals surface area contributed by atoms with Gasteiger partial charge in [0.1, 0.15) is 11.7 Å². The molecule has 0 N–H and O–H groups in total. The van der Waals surface area contributed by atoms with Gasteiger partial charge in [-0.1, -0.05) is 18.2 Å². The Hall–Kier alpha value is -3.71. The fraction of sp³-hybridized carbons (Fsp3) is 0.208. The lowest BCUT2D eigenvalue weighted by atomic mass is 9.91. The first-order valence-electron chi connectivity index (χ1n) is 10.2. The van der Waals surface area contributed by atoms with Crippen molar-refractivity contribution in [2.75, 3.05) is 16.6 Å². The number of aromatic nitrogens is 1. The Balaban J connectivity index is 1.52. The van der Waals surface area contributed by atoms with Gasteiger partial charge >= 0.3 is 0 Å². The Labute approximate surface area is 179 Å². The lowest BCUT2D eigenvalue weighted by Gasteiger charge is -2.28. The SMILES string of the molecule is CCOc1ccc(N2C(=O)C3ON(c4ccccc4)C(c4ccncc4)C3C2=O)cc1. The summed E-state index contributed by atoms with van der Waals surface area (Å²) in [7, 11) is 0. The number of para-hydroxylation sites is 1. The van der Waals surface area contributed by atoms with Crippen LogP contribution < -0.4 is 14.7 Å². The number of benzene rings is 2. The summed E-state index contributed by atoms with van der Waals surface area (Å²) in [6.45, 7) is 2.44. The number of imide groups is 1. The number of fused-ring (bicyclic) bond motifs is 1. The maximum absolute atomic E-state index is 13.5. The molecule has 0 spiro atoms. The Morgan fingerprint density at radius 3 is 2.29 bits per heavy atom. The summed E-state index contributed by atoms with van der Waals surface area (Å²) in [6.07, 6.45) is 2.46. The molecule has 0 saturated carbocycles. The summed E-state index contributed by atoms with van der Waals surface area (Å²) in [6, 6.07) is 19.7. The molecule has 2 saturated heterocycles. The van der Waals surface area contributed by atoms with E-state index in [2.05, 4.69) is 4.98 Å². The quantitative estimate of drug-likeness (QED) is 0.594. The summed E-state index contributed by atoms with van der Waals surface area (Å²) in [5, 5.41) is 1.68. The molecule has 0 bridgehead atoms. The molecule has 7 heteroatoms. The maximum atomic E-state index is 13.5. The second-order valence-corrected chi connectivity index (χ2v) is 7.38. The molecule has 0 aliphatic carbocycles. The standard InChI is InChI=1S/C24H21N3O4/c1-2-30-19-10-8-17(9-11-19)26-23(28)20-21(16-12-14-25-15-13-16)27(31-22(20)24(26)29)18-6-4-3-5-7-18/h3-15,20-22H,2H2,1H3. The van der Waals surface area contributed by atoms with E-state index in [0.717, 1.165) is 11.3 Å². The van der Waals surface area contributed by atoms with Gasteiger partial charge in [-0.05, 0) is 61.0 Å². The van der Waals surface area contributed by atoms with Crippen LogP contribution in [0.3, 0.4) is 0 Å². The fourth-order valence-corrected chi connectivity index (χ4v) is 4.23. The summed E-state index contributed by atoms with van der Waals surface area (Å²) >= 11 is 0. The Morgan fingerprint density at radius 2 is 1.61 bits per heavy atom. The van der Waals surface area contributed by atoms with E-state index >= 15 is 0 Å². The Kier molecular flexibility index (Phi) is 4.88. The molecule has 2 aromatic carbocycles. The first kappa shape index (κ1) is 19.3. The highest BCUT2D eigenvalue weighted by Crippen LogP contribution is 2.47. The van der Waals surface area contributed by atoms with Gasteiger partial charge in [0.15, 0.2) is 6.10 Å². The van der Waals surface area contributed by atoms with Crippen LogP contribution in [0.15, 0.2) is 79.1 Å². The van der Waals surface area contributed by atoms with Gasteiger partial charge in [-0.15, -0.1) is 0 Å². The molecule has 3 heterocycles. The number of hydrogen-bond donors (Lipinski definition) is 0. The summed E-state index contributed by atoms with van der Waals surface area (Å²) in [4.78, 5) is 38.2. The number of rotatable bonds is 5. The maximum Gasteiger partial charge on any atom is 0.266 e. The van der Waals surface area contributed by atoms with E-state index in [9.17, 15) is 9.59 Å². The average molecular weight is 415 g/mol. The van der Waals surface area contributed by atoms with E-state index in [1.165, 1.54) is 4.90 Å². The van der Waals surface area contributed by atoms with Gasteiger partial charge in [-0.3, -0.25) is 19.4 Å². The van der Waals surface area contributed by atoms with E-state index in [4.69, 9.17) is 9.57 Å². The fourth-order valence-electron chi connectivity index (χ4n) is 4.23. The zero-order valence-electron chi connectivity index (χ0n) is 16.9. The van der Waals surface area contributed by atoms with Gasteiger partial charge in [0, 0.05) is 12.4 Å². The summed E-state index contributed by atoms with van der Waals surface area (Å²) < 4.78 is 5.46. The van der Waals surface area contributed by atoms with Crippen LogP contribution >= 0.6 is 0 Å². The molecule has 31 heavy (non-hydrogen) atoms. The Morgan fingerprint density at radius 1 is 0.903 bits per heavy atom. The molecule has 156 valence electrons. The van der Waals surface area contributed by atoms with Crippen LogP contribution in [0.1, 0.15) is 18.5 Å². The number of amides is 2. The second kappa shape index (κ2) is 7.85. The third-order valence-electron chi connectivity index (χ3n) is 5.58. The number of nitrogens with zero attached hydrogens (tertiary/aromatic N) is 3. The number of hydroxylamine groups is 1. The molecular weight excluding hydrogens is 394 g/mol. The molecule has 3 atom stereocenters. The molecular formula is C24H21N3O4. The van der Waals surface area contributed by atoms with Crippen molar-refractivity contribution in [3.05, 3.63) is 84.7 Å². The van der Waals surface area contributed by atoms with Crippen molar-refractivity contribution < 1.29 is 19.2 Å². The number of anilines is 2. The number of carbonyl (C=O) groups excluding carboxylic acids is 2. The molecule has 2 fully saturated rings. The molecule has 1 aromatic heterocycles. The molecule has 2 aliphatic heterocycles. The van der Waals surface area contributed by atoms with Gasteiger partial charge in [0.2, 0.25) is 5.91 Å². The predicted molar refractivity (Wildman–Crippen MR) is 114 cm³/mol. The molecule has 3 unspecified atom stereocenters. The highest BCUT2D eigenvalue weighted by Gasteiger charge is 2.60. The molecule has 2 aliphatic rings. The number of ether oxygens (including phenoxy) is 1. The average Bonchev–Trinajstić information content (AvgIpc) is 3.32. The van der Waals surface area contributed by atoms with Crippen LogP contribution in [0, 0.1) is 5.92 Å². The van der Waals surface area contributed by atoms with Crippen molar-refractivity contribution in [1.29, 1.82) is 0 Å². The monoisotopic (exact) mass is 415 g/mol. The first-order valence-corrected chi connectivity index (χ1v) is 10.2. The molecule has 2 amide bonds. The van der Waals surface area contributed by atoms with Crippen LogP contribution in [0.4, 0.5) is 11.4 Å². The normalized spacial score (nSPS) is 22.7. The lowest BCUT2D eigenvalue weighted by Crippen LogP contribution is -2.37.